The van der Waals surface area contributed by atoms with Crippen molar-refractivity contribution in [3.8, 4) is 0 Å². The van der Waals surface area contributed by atoms with Crippen molar-refractivity contribution < 1.29 is 8.42 Å². The molecule has 3 nitrogen and oxygen atoms in total. The number of nitrogens with zero attached hydrogens (tertiary/aromatic N) is 1. The van der Waals surface area contributed by atoms with Crippen LogP contribution in [-0.2, 0) is 15.4 Å². The highest BCUT2D eigenvalue weighted by atomic mass is 32.2. The largest absolute Gasteiger partial charge is 0.298 e. The number of benzene rings is 1. The molecular weight excluding hydrogens is 222 g/mol. The molecule has 1 aromatic rings. The predicted molar refractivity (Wildman–Crippen MR) is 65.1 cm³/mol. The first-order valence-electron chi connectivity index (χ1n) is 5.36. The van der Waals surface area contributed by atoms with E-state index in [-0.39, 0.29) is 16.5 Å². The molecule has 16 heavy (non-hydrogen) atoms. The van der Waals surface area contributed by atoms with Crippen molar-refractivity contribution in [2.45, 2.75) is 17.7 Å². The maximum absolute atomic E-state index is 11.7. The monoisotopic (exact) mass is 239 g/mol. The molecule has 88 valence electrons. The topological polar surface area (TPSA) is 37.4 Å². The van der Waals surface area contributed by atoms with E-state index in [1.165, 1.54) is 0 Å². The lowest BCUT2D eigenvalue weighted by Gasteiger charge is -2.51. The van der Waals surface area contributed by atoms with Crippen molar-refractivity contribution >= 4 is 9.84 Å². The summed E-state index contributed by atoms with van der Waals surface area (Å²) in [6.45, 7) is 1.80. The molecule has 0 aliphatic carbocycles. The highest BCUT2D eigenvalue weighted by Crippen LogP contribution is 2.44. The van der Waals surface area contributed by atoms with Crippen LogP contribution in [0.2, 0.25) is 0 Å². The molecule has 1 aliphatic rings. The van der Waals surface area contributed by atoms with E-state index in [1.54, 1.807) is 6.92 Å². The predicted octanol–water partition coefficient (Wildman–Crippen LogP) is 1.26. The van der Waals surface area contributed by atoms with Gasteiger partial charge in [-0.2, -0.15) is 0 Å². The number of sulfone groups is 1. The lowest BCUT2D eigenvalue weighted by molar-refractivity contribution is 0.151. The van der Waals surface area contributed by atoms with E-state index in [9.17, 15) is 8.42 Å². The third kappa shape index (κ3) is 1.40. The minimum Gasteiger partial charge on any atom is -0.298 e. The van der Waals surface area contributed by atoms with Crippen molar-refractivity contribution in [1.82, 2.24) is 4.90 Å². The zero-order chi connectivity index (χ0) is 12.0. The van der Waals surface area contributed by atoms with Crippen molar-refractivity contribution in [2.75, 3.05) is 19.8 Å². The van der Waals surface area contributed by atoms with Gasteiger partial charge in [-0.15, -0.1) is 0 Å². The van der Waals surface area contributed by atoms with Crippen molar-refractivity contribution in [3.05, 3.63) is 35.9 Å². The van der Waals surface area contributed by atoms with Gasteiger partial charge in [-0.3, -0.25) is 4.90 Å². The standard InChI is InChI=1S/C12H17NO2S/c1-10-12(13(2)3,9-16(10,14)15)11-7-5-4-6-8-11/h4-8,10H,9H2,1-3H3/t10-,12+/m1/s1. The van der Waals surface area contributed by atoms with Gasteiger partial charge in [0.1, 0.15) is 0 Å². The smallest absolute Gasteiger partial charge is 0.157 e. The molecule has 1 saturated heterocycles. The van der Waals surface area contributed by atoms with Gasteiger partial charge in [-0.25, -0.2) is 8.42 Å². The Morgan fingerprint density at radius 1 is 1.25 bits per heavy atom. The second-order valence-electron chi connectivity index (χ2n) is 4.63. The van der Waals surface area contributed by atoms with E-state index in [2.05, 4.69) is 0 Å². The average Bonchev–Trinajstić information content (AvgIpc) is 2.26. The summed E-state index contributed by atoms with van der Waals surface area (Å²) in [5.41, 5.74) is 0.738. The van der Waals surface area contributed by atoms with Crippen LogP contribution in [0.1, 0.15) is 12.5 Å². The molecule has 0 bridgehead atoms. The van der Waals surface area contributed by atoms with E-state index in [1.807, 2.05) is 49.3 Å². The highest BCUT2D eigenvalue weighted by molar-refractivity contribution is 7.93. The molecule has 4 heteroatoms. The fraction of sp³-hybridized carbons (Fsp3) is 0.500. The first-order valence-corrected chi connectivity index (χ1v) is 7.07. The first-order chi connectivity index (χ1) is 7.41. The van der Waals surface area contributed by atoms with Crippen LogP contribution < -0.4 is 0 Å². The molecule has 1 fully saturated rings. The van der Waals surface area contributed by atoms with Crippen LogP contribution in [0.4, 0.5) is 0 Å². The average molecular weight is 239 g/mol. The molecular formula is C12H17NO2S. The first kappa shape index (κ1) is 11.6. The maximum atomic E-state index is 11.7. The lowest BCUT2D eigenvalue weighted by Crippen LogP contribution is -2.66. The van der Waals surface area contributed by atoms with Gasteiger partial charge in [0.05, 0.1) is 16.5 Å². The molecule has 0 amide bonds. The Kier molecular flexibility index (Phi) is 2.59. The van der Waals surface area contributed by atoms with Crippen LogP contribution in [0.3, 0.4) is 0 Å². The van der Waals surface area contributed by atoms with Gasteiger partial charge in [-0.05, 0) is 26.6 Å². The zero-order valence-corrected chi connectivity index (χ0v) is 10.7. The Labute approximate surface area is 97.0 Å². The van der Waals surface area contributed by atoms with Crippen LogP contribution in [0, 0.1) is 0 Å². The fourth-order valence-electron chi connectivity index (χ4n) is 2.54. The molecule has 0 unspecified atom stereocenters. The minimum absolute atomic E-state index is 0.220. The SMILES string of the molecule is C[C@@H]1[C@@](c2ccccc2)(N(C)C)CS1(=O)=O. The van der Waals surface area contributed by atoms with Gasteiger partial charge in [0.25, 0.3) is 0 Å². The maximum Gasteiger partial charge on any atom is 0.157 e. The molecule has 0 spiro atoms. The van der Waals surface area contributed by atoms with Crippen LogP contribution in [0.25, 0.3) is 0 Å². The molecule has 1 heterocycles. The van der Waals surface area contributed by atoms with Crippen molar-refractivity contribution in [2.24, 2.45) is 0 Å². The second-order valence-corrected chi connectivity index (χ2v) is 6.96. The quantitative estimate of drug-likeness (QED) is 0.779. The summed E-state index contributed by atoms with van der Waals surface area (Å²) in [6.07, 6.45) is 0. The van der Waals surface area contributed by atoms with Crippen molar-refractivity contribution in [1.29, 1.82) is 0 Å². The molecule has 0 saturated carbocycles. The second kappa shape index (κ2) is 3.57. The van der Waals surface area contributed by atoms with Gasteiger partial charge in [0.2, 0.25) is 0 Å². The Morgan fingerprint density at radius 3 is 2.19 bits per heavy atom. The van der Waals surface area contributed by atoms with E-state index < -0.39 is 9.84 Å². The van der Waals surface area contributed by atoms with E-state index >= 15 is 0 Å². The summed E-state index contributed by atoms with van der Waals surface area (Å²) in [5, 5.41) is -0.336. The number of hydrogen-bond donors (Lipinski definition) is 0. The van der Waals surface area contributed by atoms with Gasteiger partial charge < -0.3 is 0 Å². The summed E-state index contributed by atoms with van der Waals surface area (Å²) in [7, 11) is 0.983. The summed E-state index contributed by atoms with van der Waals surface area (Å²) in [5.74, 6) is 0.220. The summed E-state index contributed by atoms with van der Waals surface area (Å²) in [6, 6.07) is 9.87. The molecule has 0 radical (unpaired) electrons. The van der Waals surface area contributed by atoms with Gasteiger partial charge in [0.15, 0.2) is 9.84 Å². The Balaban J connectivity index is 2.49. The zero-order valence-electron chi connectivity index (χ0n) is 9.84. The highest BCUT2D eigenvalue weighted by Gasteiger charge is 2.58. The van der Waals surface area contributed by atoms with Crippen LogP contribution in [-0.4, -0.2) is 38.4 Å². The Morgan fingerprint density at radius 2 is 1.81 bits per heavy atom. The molecule has 2 atom stereocenters. The normalized spacial score (nSPS) is 32.4. The van der Waals surface area contributed by atoms with Crippen LogP contribution >= 0.6 is 0 Å². The van der Waals surface area contributed by atoms with Gasteiger partial charge >= 0.3 is 0 Å². The van der Waals surface area contributed by atoms with Crippen LogP contribution in [0.15, 0.2) is 30.3 Å². The van der Waals surface area contributed by atoms with E-state index in [0.717, 1.165) is 5.56 Å². The van der Waals surface area contributed by atoms with Gasteiger partial charge in [-0.1, -0.05) is 30.3 Å². The summed E-state index contributed by atoms with van der Waals surface area (Å²) >= 11 is 0. The molecule has 2 rings (SSSR count). The van der Waals surface area contributed by atoms with E-state index in [4.69, 9.17) is 0 Å². The third-order valence-electron chi connectivity index (χ3n) is 3.70. The third-order valence-corrected chi connectivity index (χ3v) is 6.01. The van der Waals surface area contributed by atoms with Gasteiger partial charge in [0, 0.05) is 0 Å². The van der Waals surface area contributed by atoms with Crippen molar-refractivity contribution in [3.63, 3.8) is 0 Å². The fourth-order valence-corrected chi connectivity index (χ4v) is 4.81. The molecule has 1 aliphatic heterocycles. The summed E-state index contributed by atoms with van der Waals surface area (Å²) < 4.78 is 23.4. The molecule has 0 N–H and O–H groups in total. The Hall–Kier alpha value is -0.870. The molecule has 1 aromatic carbocycles. The Bertz CT molecular complexity index is 481. The summed E-state index contributed by atoms with van der Waals surface area (Å²) in [4.78, 5) is 2.02. The molecule has 0 aromatic heterocycles. The van der Waals surface area contributed by atoms with E-state index in [0.29, 0.717) is 0 Å². The van der Waals surface area contributed by atoms with Crippen LogP contribution in [0.5, 0.6) is 0 Å². The lowest BCUT2D eigenvalue weighted by atomic mass is 9.86. The number of rotatable bonds is 2. The minimum atomic E-state index is -2.90. The number of hydrogen-bond acceptors (Lipinski definition) is 3.